The molecule has 0 aliphatic carbocycles. The third-order valence-electron chi connectivity index (χ3n) is 4.32. The van der Waals surface area contributed by atoms with Crippen molar-refractivity contribution in [1.29, 1.82) is 0 Å². The lowest BCUT2D eigenvalue weighted by Crippen LogP contribution is -2.37. The molecule has 1 aromatic heterocycles. The van der Waals surface area contributed by atoms with Gasteiger partial charge in [0.15, 0.2) is 11.8 Å². The minimum Gasteiger partial charge on any atom is -0.352 e. The van der Waals surface area contributed by atoms with Crippen LogP contribution in [-0.4, -0.2) is 20.7 Å². The van der Waals surface area contributed by atoms with Gasteiger partial charge in [-0.05, 0) is 30.2 Å². The Morgan fingerprint density at radius 2 is 1.76 bits per heavy atom. The summed E-state index contributed by atoms with van der Waals surface area (Å²) in [6.07, 6.45) is 0. The third kappa shape index (κ3) is 6.87. The zero-order valence-electron chi connectivity index (χ0n) is 16.2. The number of guanidine groups is 1. The molecule has 0 fully saturated rings. The molecule has 0 bridgehead atoms. The van der Waals surface area contributed by atoms with E-state index >= 15 is 0 Å². The number of halogens is 3. The number of aliphatic imine (C=N–C) groups is 1. The minimum absolute atomic E-state index is 0. The molecule has 0 amide bonds. The molecule has 1 heterocycles. The lowest BCUT2D eigenvalue weighted by Gasteiger charge is -2.13. The van der Waals surface area contributed by atoms with Crippen LogP contribution in [-0.2, 0) is 26.7 Å². The van der Waals surface area contributed by atoms with Crippen LogP contribution >= 0.6 is 47.2 Å². The standard InChI is InChI=1S/C20H22Cl2N6.HI/c1-14-26-27-19(28(14)2)13-25-20(23-11-15-6-4-3-5-7-15)24-12-16-8-9-17(21)10-18(16)22;/h3-10H,11-13H2,1-2H3,(H2,23,24,25);1H. The highest BCUT2D eigenvalue weighted by molar-refractivity contribution is 14.0. The first-order valence-corrected chi connectivity index (χ1v) is 9.63. The van der Waals surface area contributed by atoms with Gasteiger partial charge < -0.3 is 15.2 Å². The summed E-state index contributed by atoms with van der Waals surface area (Å²) in [5, 5.41) is 16.1. The first-order valence-electron chi connectivity index (χ1n) is 8.88. The number of nitrogens with one attached hydrogen (secondary N) is 2. The fraction of sp³-hybridized carbons (Fsp3) is 0.250. The molecule has 0 aliphatic rings. The van der Waals surface area contributed by atoms with E-state index in [4.69, 9.17) is 23.2 Å². The molecule has 3 rings (SSSR count). The van der Waals surface area contributed by atoms with Crippen molar-refractivity contribution in [2.75, 3.05) is 0 Å². The summed E-state index contributed by atoms with van der Waals surface area (Å²) in [5.41, 5.74) is 2.07. The molecule has 2 aromatic carbocycles. The summed E-state index contributed by atoms with van der Waals surface area (Å²) in [7, 11) is 1.94. The fourth-order valence-electron chi connectivity index (χ4n) is 2.54. The molecule has 154 valence electrons. The largest absolute Gasteiger partial charge is 0.352 e. The van der Waals surface area contributed by atoms with Crippen LogP contribution in [0.4, 0.5) is 0 Å². The molecular formula is C20H23Cl2IN6. The molecule has 9 heteroatoms. The van der Waals surface area contributed by atoms with E-state index in [9.17, 15) is 0 Å². The topological polar surface area (TPSA) is 67.1 Å². The number of hydrogen-bond acceptors (Lipinski definition) is 3. The maximum absolute atomic E-state index is 6.28. The van der Waals surface area contributed by atoms with Crippen LogP contribution in [0.1, 0.15) is 22.8 Å². The van der Waals surface area contributed by atoms with Crippen molar-refractivity contribution in [2.45, 2.75) is 26.6 Å². The number of hydrogen-bond donors (Lipinski definition) is 2. The average Bonchev–Trinajstić information content (AvgIpc) is 3.01. The van der Waals surface area contributed by atoms with Crippen molar-refractivity contribution < 1.29 is 0 Å². The second-order valence-electron chi connectivity index (χ2n) is 6.32. The first-order chi connectivity index (χ1) is 13.5. The number of aryl methyl sites for hydroxylation is 1. The lowest BCUT2D eigenvalue weighted by molar-refractivity contribution is 0.714. The molecule has 0 saturated carbocycles. The maximum atomic E-state index is 6.28. The summed E-state index contributed by atoms with van der Waals surface area (Å²) in [4.78, 5) is 4.68. The van der Waals surface area contributed by atoms with Crippen LogP contribution in [0.5, 0.6) is 0 Å². The van der Waals surface area contributed by atoms with Crippen molar-refractivity contribution in [2.24, 2.45) is 12.0 Å². The molecular weight excluding hydrogens is 522 g/mol. The van der Waals surface area contributed by atoms with Gasteiger partial charge in [-0.2, -0.15) is 0 Å². The van der Waals surface area contributed by atoms with E-state index in [-0.39, 0.29) is 24.0 Å². The van der Waals surface area contributed by atoms with Gasteiger partial charge in [0, 0.05) is 23.6 Å². The third-order valence-corrected chi connectivity index (χ3v) is 4.91. The molecule has 0 spiro atoms. The van der Waals surface area contributed by atoms with Gasteiger partial charge in [0.05, 0.1) is 13.1 Å². The SMILES string of the molecule is Cc1nnc(CNC(=NCc2ccccc2)NCc2ccc(Cl)cc2Cl)n1C.I. The van der Waals surface area contributed by atoms with Crippen LogP contribution in [0, 0.1) is 6.92 Å². The second kappa shape index (κ2) is 11.4. The Morgan fingerprint density at radius 3 is 2.41 bits per heavy atom. The Labute approximate surface area is 197 Å². The normalized spacial score (nSPS) is 11.1. The maximum Gasteiger partial charge on any atom is 0.192 e. The van der Waals surface area contributed by atoms with Gasteiger partial charge in [0.1, 0.15) is 5.82 Å². The smallest absolute Gasteiger partial charge is 0.192 e. The van der Waals surface area contributed by atoms with Crippen molar-refractivity contribution in [3.05, 3.63) is 81.4 Å². The van der Waals surface area contributed by atoms with Crippen molar-refractivity contribution in [3.8, 4) is 0 Å². The molecule has 0 radical (unpaired) electrons. The zero-order valence-corrected chi connectivity index (χ0v) is 20.0. The van der Waals surface area contributed by atoms with Crippen LogP contribution in [0.2, 0.25) is 10.0 Å². The number of rotatable bonds is 6. The fourth-order valence-corrected chi connectivity index (χ4v) is 3.02. The van der Waals surface area contributed by atoms with Crippen LogP contribution in [0.25, 0.3) is 0 Å². The molecule has 0 saturated heterocycles. The van der Waals surface area contributed by atoms with Crippen LogP contribution < -0.4 is 10.6 Å². The molecule has 29 heavy (non-hydrogen) atoms. The Morgan fingerprint density at radius 1 is 1.03 bits per heavy atom. The molecule has 3 aromatic rings. The molecule has 0 atom stereocenters. The van der Waals surface area contributed by atoms with Gasteiger partial charge in [0.2, 0.25) is 0 Å². The monoisotopic (exact) mass is 544 g/mol. The number of aromatic nitrogens is 3. The summed E-state index contributed by atoms with van der Waals surface area (Å²) in [6, 6.07) is 15.5. The average molecular weight is 545 g/mol. The molecule has 0 unspecified atom stereocenters. The quantitative estimate of drug-likeness (QED) is 0.273. The molecule has 6 nitrogen and oxygen atoms in total. The van der Waals surface area contributed by atoms with Crippen LogP contribution in [0.15, 0.2) is 53.5 Å². The van der Waals surface area contributed by atoms with Gasteiger partial charge in [-0.3, -0.25) is 0 Å². The summed E-state index contributed by atoms with van der Waals surface area (Å²) >= 11 is 12.3. The first kappa shape index (κ1) is 23.4. The van der Waals surface area contributed by atoms with E-state index in [0.717, 1.165) is 22.8 Å². The van der Waals surface area contributed by atoms with Gasteiger partial charge in [-0.1, -0.05) is 59.6 Å². The molecule has 0 aliphatic heterocycles. The van der Waals surface area contributed by atoms with Gasteiger partial charge in [-0.25, -0.2) is 4.99 Å². The highest BCUT2D eigenvalue weighted by Gasteiger charge is 2.08. The lowest BCUT2D eigenvalue weighted by atomic mass is 10.2. The van der Waals surface area contributed by atoms with Crippen molar-refractivity contribution in [1.82, 2.24) is 25.4 Å². The summed E-state index contributed by atoms with van der Waals surface area (Å²) in [5.74, 6) is 2.35. The Hall–Kier alpha value is -1.84. The van der Waals surface area contributed by atoms with E-state index in [1.54, 1.807) is 6.07 Å². The highest BCUT2D eigenvalue weighted by Crippen LogP contribution is 2.20. The molecule has 2 N–H and O–H groups in total. The van der Waals surface area contributed by atoms with E-state index < -0.39 is 0 Å². The number of benzene rings is 2. The summed E-state index contributed by atoms with van der Waals surface area (Å²) in [6.45, 7) is 3.50. The van der Waals surface area contributed by atoms with Crippen molar-refractivity contribution in [3.63, 3.8) is 0 Å². The van der Waals surface area contributed by atoms with Crippen LogP contribution in [0.3, 0.4) is 0 Å². The zero-order chi connectivity index (χ0) is 19.9. The highest BCUT2D eigenvalue weighted by atomic mass is 127. The van der Waals surface area contributed by atoms with E-state index in [0.29, 0.717) is 35.6 Å². The van der Waals surface area contributed by atoms with Gasteiger partial charge in [-0.15, -0.1) is 34.2 Å². The Bertz CT molecular complexity index is 959. The minimum atomic E-state index is 0. The van der Waals surface area contributed by atoms with Gasteiger partial charge >= 0.3 is 0 Å². The van der Waals surface area contributed by atoms with Crippen molar-refractivity contribution >= 4 is 53.1 Å². The summed E-state index contributed by atoms with van der Waals surface area (Å²) < 4.78 is 1.94. The van der Waals surface area contributed by atoms with E-state index in [2.05, 4.69) is 25.8 Å². The predicted molar refractivity (Wildman–Crippen MR) is 129 cm³/mol. The number of nitrogens with zero attached hydrogens (tertiary/aromatic N) is 4. The Balaban J connectivity index is 0.00000300. The predicted octanol–water partition coefficient (Wildman–Crippen LogP) is 4.48. The second-order valence-corrected chi connectivity index (χ2v) is 7.16. The Kier molecular flexibility index (Phi) is 9.19. The van der Waals surface area contributed by atoms with Gasteiger partial charge in [0.25, 0.3) is 0 Å². The van der Waals surface area contributed by atoms with E-state index in [1.807, 2.05) is 61.0 Å². The van der Waals surface area contributed by atoms with E-state index in [1.165, 1.54) is 0 Å².